The number of aliphatic carboxylic acids is 1. The standard InChI is InChI=1S/C41H47N11O7/c42-41(43)45-17-9-16-31(37(55)52-34(40(58)59)19-27-21-46-30-15-8-7-14-29(27)30)50-38(56)32(18-25-10-3-1-4-11-25)51-39(57)33(20-28-22-44-24-48-28)49-35(53)23-47-36(54)26-12-5-2-6-13-26/h1-8,10-15,21-22,24,31-34,46H,9,16-20,23H2,(H,44,48)(H,47,54)(H,49,53)(H,50,56)(H,51,57)(H,52,55)(H,58,59)(H4,42,43,45)/t31-,32+,33+,34-/m0/s1. The number of aliphatic imine (C=N–C) groups is 1. The molecule has 0 saturated heterocycles. The average molecular weight is 806 g/mol. The molecule has 0 radical (unpaired) electrons. The van der Waals surface area contributed by atoms with E-state index in [9.17, 15) is 33.9 Å². The van der Waals surface area contributed by atoms with Crippen LogP contribution in [0.4, 0.5) is 0 Å². The Kier molecular flexibility index (Phi) is 15.3. The van der Waals surface area contributed by atoms with Crippen molar-refractivity contribution >= 4 is 52.4 Å². The van der Waals surface area contributed by atoms with Crippen molar-refractivity contribution in [1.29, 1.82) is 0 Å². The lowest BCUT2D eigenvalue weighted by atomic mass is 10.0. The van der Waals surface area contributed by atoms with Gasteiger partial charge in [-0.2, -0.15) is 0 Å². The number of carboxylic acids is 1. The maximum atomic E-state index is 14.2. The van der Waals surface area contributed by atoms with Crippen molar-refractivity contribution < 1.29 is 33.9 Å². The number of fused-ring (bicyclic) bond motifs is 1. The summed E-state index contributed by atoms with van der Waals surface area (Å²) in [6.45, 7) is -0.326. The van der Waals surface area contributed by atoms with Gasteiger partial charge in [0.05, 0.1) is 12.9 Å². The number of hydrogen-bond acceptors (Lipinski definition) is 8. The van der Waals surface area contributed by atoms with Crippen molar-refractivity contribution in [1.82, 2.24) is 41.5 Å². The number of para-hydroxylation sites is 1. The van der Waals surface area contributed by atoms with Gasteiger partial charge in [0.15, 0.2) is 5.96 Å². The number of carboxylic acid groups (broad SMARTS) is 1. The van der Waals surface area contributed by atoms with Crippen LogP contribution in [0.15, 0.2) is 109 Å². The molecule has 59 heavy (non-hydrogen) atoms. The lowest BCUT2D eigenvalue weighted by Crippen LogP contribution is -2.59. The van der Waals surface area contributed by atoms with Gasteiger partial charge in [0, 0.05) is 60.4 Å². The van der Waals surface area contributed by atoms with Gasteiger partial charge in [0.25, 0.3) is 5.91 Å². The number of guanidine groups is 1. The summed E-state index contributed by atoms with van der Waals surface area (Å²) in [5, 5.41) is 24.1. The fourth-order valence-electron chi connectivity index (χ4n) is 6.29. The molecule has 0 spiro atoms. The molecule has 18 heteroatoms. The van der Waals surface area contributed by atoms with Crippen molar-refractivity contribution in [3.8, 4) is 0 Å². The lowest BCUT2D eigenvalue weighted by Gasteiger charge is -2.26. The van der Waals surface area contributed by atoms with Gasteiger partial charge in [-0.1, -0.05) is 66.7 Å². The lowest BCUT2D eigenvalue weighted by molar-refractivity contribution is -0.142. The Labute approximate surface area is 339 Å². The van der Waals surface area contributed by atoms with Crippen LogP contribution in [0.3, 0.4) is 0 Å². The SMILES string of the molecule is NC(N)=NCCC[C@H](NC(=O)[C@@H](Cc1ccccc1)NC(=O)[C@@H](Cc1cnc[nH]1)NC(=O)CNC(=O)c1ccccc1)C(=O)N[C@@H](Cc1c[nH]c2ccccc12)C(=O)O. The first kappa shape index (κ1) is 42.6. The summed E-state index contributed by atoms with van der Waals surface area (Å²) in [5.41, 5.74) is 14.0. The Balaban J connectivity index is 1.34. The van der Waals surface area contributed by atoms with E-state index in [0.29, 0.717) is 22.4 Å². The number of H-pyrrole nitrogens is 2. The molecule has 18 nitrogen and oxygen atoms in total. The summed E-state index contributed by atoms with van der Waals surface area (Å²) in [6.07, 6.45) is 4.69. The van der Waals surface area contributed by atoms with E-state index < -0.39 is 66.2 Å². The van der Waals surface area contributed by atoms with E-state index in [1.54, 1.807) is 66.9 Å². The molecule has 3 aromatic carbocycles. The van der Waals surface area contributed by atoms with Crippen LogP contribution >= 0.6 is 0 Å². The van der Waals surface area contributed by atoms with E-state index in [4.69, 9.17) is 11.5 Å². The highest BCUT2D eigenvalue weighted by Gasteiger charge is 2.32. The number of carbonyl (C=O) groups excluding carboxylic acids is 5. The number of aromatic nitrogens is 3. The largest absolute Gasteiger partial charge is 0.480 e. The number of benzene rings is 3. The summed E-state index contributed by atoms with van der Waals surface area (Å²) >= 11 is 0. The minimum atomic E-state index is -1.36. The van der Waals surface area contributed by atoms with Crippen molar-refractivity contribution in [2.75, 3.05) is 13.1 Å². The summed E-state index contributed by atoms with van der Waals surface area (Å²) in [7, 11) is 0. The van der Waals surface area contributed by atoms with Gasteiger partial charge >= 0.3 is 5.97 Å². The molecule has 12 N–H and O–H groups in total. The fourth-order valence-corrected chi connectivity index (χ4v) is 6.29. The van der Waals surface area contributed by atoms with Crippen molar-refractivity contribution in [2.45, 2.75) is 56.3 Å². The Bertz CT molecular complexity index is 2220. The van der Waals surface area contributed by atoms with Crippen LogP contribution in [0.1, 0.15) is 40.0 Å². The van der Waals surface area contributed by atoms with Gasteiger partial charge in [0.1, 0.15) is 24.2 Å². The highest BCUT2D eigenvalue weighted by atomic mass is 16.4. The van der Waals surface area contributed by atoms with Gasteiger partial charge in [-0.3, -0.25) is 29.0 Å². The summed E-state index contributed by atoms with van der Waals surface area (Å²) in [5.74, 6) is -4.88. The van der Waals surface area contributed by atoms with Gasteiger partial charge in [-0.25, -0.2) is 9.78 Å². The summed E-state index contributed by atoms with van der Waals surface area (Å²) in [6, 6.07) is 19.3. The zero-order valence-electron chi connectivity index (χ0n) is 32.0. The third-order valence-corrected chi connectivity index (χ3v) is 9.28. The van der Waals surface area contributed by atoms with E-state index in [1.807, 2.05) is 24.3 Å². The van der Waals surface area contributed by atoms with Crippen molar-refractivity contribution in [2.24, 2.45) is 16.5 Å². The van der Waals surface area contributed by atoms with Gasteiger partial charge in [-0.15, -0.1) is 0 Å². The van der Waals surface area contributed by atoms with E-state index in [2.05, 4.69) is 46.5 Å². The Morgan fingerprint density at radius 1 is 0.712 bits per heavy atom. The van der Waals surface area contributed by atoms with E-state index in [0.717, 1.165) is 10.9 Å². The first-order valence-electron chi connectivity index (χ1n) is 18.8. The monoisotopic (exact) mass is 805 g/mol. The summed E-state index contributed by atoms with van der Waals surface area (Å²) < 4.78 is 0. The zero-order valence-corrected chi connectivity index (χ0v) is 32.0. The molecule has 308 valence electrons. The number of nitrogens with zero attached hydrogens (tertiary/aromatic N) is 2. The number of imidazole rings is 1. The minimum absolute atomic E-state index is 0.00693. The van der Waals surface area contributed by atoms with Crippen molar-refractivity contribution in [3.05, 3.63) is 126 Å². The Morgan fingerprint density at radius 3 is 2.02 bits per heavy atom. The molecular formula is C41H47N11O7. The van der Waals surface area contributed by atoms with E-state index in [1.165, 1.54) is 12.5 Å². The summed E-state index contributed by atoms with van der Waals surface area (Å²) in [4.78, 5) is 94.1. The quantitative estimate of drug-likeness (QED) is 0.0277. The zero-order chi connectivity index (χ0) is 42.1. The second-order valence-corrected chi connectivity index (χ2v) is 13.7. The van der Waals surface area contributed by atoms with Crippen LogP contribution in [0.5, 0.6) is 0 Å². The molecule has 0 bridgehead atoms. The van der Waals surface area contributed by atoms with Gasteiger partial charge < -0.3 is 53.1 Å². The molecule has 5 aromatic rings. The molecule has 0 fully saturated rings. The maximum absolute atomic E-state index is 14.2. The minimum Gasteiger partial charge on any atom is -0.480 e. The highest BCUT2D eigenvalue weighted by Crippen LogP contribution is 2.19. The normalized spacial score (nSPS) is 12.9. The number of hydrogen-bond donors (Lipinski definition) is 10. The molecule has 5 rings (SSSR count). The number of carbonyl (C=O) groups is 6. The van der Waals surface area contributed by atoms with Crippen LogP contribution in [0.25, 0.3) is 10.9 Å². The predicted octanol–water partition coefficient (Wildman–Crippen LogP) is 0.426. The molecule has 5 amide bonds. The van der Waals surface area contributed by atoms with E-state index >= 15 is 0 Å². The number of aromatic amines is 2. The van der Waals surface area contributed by atoms with Crippen LogP contribution in [0, 0.1) is 0 Å². The first-order valence-corrected chi connectivity index (χ1v) is 18.8. The van der Waals surface area contributed by atoms with Gasteiger partial charge in [0.2, 0.25) is 23.6 Å². The van der Waals surface area contributed by atoms with Crippen LogP contribution in [0.2, 0.25) is 0 Å². The van der Waals surface area contributed by atoms with Crippen LogP contribution < -0.4 is 38.1 Å². The molecule has 0 aliphatic carbocycles. The average Bonchev–Trinajstić information content (AvgIpc) is 3.91. The topological polar surface area (TPSA) is 292 Å². The predicted molar refractivity (Wildman–Crippen MR) is 218 cm³/mol. The number of amides is 5. The van der Waals surface area contributed by atoms with Crippen molar-refractivity contribution in [3.63, 3.8) is 0 Å². The molecule has 0 aliphatic rings. The molecule has 0 unspecified atom stereocenters. The van der Waals surface area contributed by atoms with Gasteiger partial charge in [-0.05, 0) is 42.2 Å². The van der Waals surface area contributed by atoms with E-state index in [-0.39, 0.29) is 44.6 Å². The van der Waals surface area contributed by atoms with Crippen LogP contribution in [-0.2, 0) is 43.2 Å². The molecule has 2 aromatic heterocycles. The Hall–Kier alpha value is -7.50. The third kappa shape index (κ3) is 13.0. The van der Waals surface area contributed by atoms with Crippen LogP contribution in [-0.4, -0.2) is 98.8 Å². The molecule has 4 atom stereocenters. The number of rotatable bonds is 21. The third-order valence-electron chi connectivity index (χ3n) is 9.28. The molecule has 0 aliphatic heterocycles. The molecule has 0 saturated carbocycles. The smallest absolute Gasteiger partial charge is 0.326 e. The maximum Gasteiger partial charge on any atom is 0.326 e. The molecular weight excluding hydrogens is 759 g/mol. The second kappa shape index (κ2) is 21.1. The second-order valence-electron chi connectivity index (χ2n) is 13.7. The number of nitrogens with two attached hydrogens (primary N) is 2. The fraction of sp³-hybridized carbons (Fsp3) is 0.268. The number of nitrogens with one attached hydrogen (secondary N) is 7. The highest BCUT2D eigenvalue weighted by molar-refractivity contribution is 5.98. The molecule has 2 heterocycles. The Morgan fingerprint density at radius 2 is 1.34 bits per heavy atom. The first-order chi connectivity index (χ1) is 28.5.